The van der Waals surface area contributed by atoms with Gasteiger partial charge in [-0.15, -0.1) is 10.2 Å². The number of aromatic nitrogens is 3. The van der Waals surface area contributed by atoms with E-state index in [0.29, 0.717) is 11.5 Å². The minimum atomic E-state index is -4.34. The molecule has 0 spiro atoms. The fourth-order valence-corrected chi connectivity index (χ4v) is 1.83. The lowest BCUT2D eigenvalue weighted by Crippen LogP contribution is -2.40. The molecule has 0 saturated carbocycles. The number of rotatable bonds is 1. The minimum absolute atomic E-state index is 0.147. The van der Waals surface area contributed by atoms with E-state index in [1.54, 1.807) is 0 Å². The van der Waals surface area contributed by atoms with Crippen molar-refractivity contribution in [3.63, 3.8) is 0 Å². The van der Waals surface area contributed by atoms with E-state index in [4.69, 9.17) is 0 Å². The molecule has 0 radical (unpaired) electrons. The molecule has 2 aromatic rings. The van der Waals surface area contributed by atoms with E-state index in [0.717, 1.165) is 25.4 Å². The summed E-state index contributed by atoms with van der Waals surface area (Å²) in [6, 6.07) is 2.36. The predicted octanol–water partition coefficient (Wildman–Crippen LogP) is 1.43. The van der Waals surface area contributed by atoms with Gasteiger partial charge in [0.25, 0.3) is 0 Å². The Morgan fingerprint density at radius 3 is 2.59 bits per heavy atom. The topological polar surface area (TPSA) is 42.2 Å². The number of hydrogen-bond donors (Lipinski definition) is 1. The smallest absolute Gasteiger partial charge is 0.315 e. The van der Waals surface area contributed by atoms with Crippen molar-refractivity contribution in [3.8, 4) is 0 Å². The van der Waals surface area contributed by atoms with E-state index in [2.05, 4.69) is 15.5 Å². The molecule has 4 nitrogen and oxygen atoms in total. The quantitative estimate of drug-likeness (QED) is 0.822. The lowest BCUT2D eigenvalue weighted by molar-refractivity contribution is -0.137. The summed E-state index contributed by atoms with van der Waals surface area (Å²) in [5.41, 5.74) is -0.238. The van der Waals surface area contributed by atoms with Crippen molar-refractivity contribution < 1.29 is 13.2 Å². The normalized spacial score (nSPS) is 17.4. The maximum absolute atomic E-state index is 12.6. The van der Waals surface area contributed by atoms with Gasteiger partial charge in [0.15, 0.2) is 5.65 Å². The Labute approximate surface area is 94.5 Å². The Morgan fingerprint density at radius 1 is 1.24 bits per heavy atom. The van der Waals surface area contributed by atoms with Crippen LogP contribution < -0.4 is 5.32 Å². The third-order valence-corrected chi connectivity index (χ3v) is 2.90. The van der Waals surface area contributed by atoms with Gasteiger partial charge in [-0.05, 0) is 12.1 Å². The number of alkyl halides is 3. The van der Waals surface area contributed by atoms with Gasteiger partial charge in [-0.3, -0.25) is 4.40 Å². The number of pyridine rings is 1. The first-order valence-electron chi connectivity index (χ1n) is 5.18. The summed E-state index contributed by atoms with van der Waals surface area (Å²) in [6.45, 7) is 1.47. The molecule has 0 aliphatic carbocycles. The van der Waals surface area contributed by atoms with Gasteiger partial charge < -0.3 is 5.32 Å². The van der Waals surface area contributed by atoms with Gasteiger partial charge in [0.1, 0.15) is 5.82 Å². The van der Waals surface area contributed by atoms with Crippen LogP contribution in [0.5, 0.6) is 0 Å². The maximum atomic E-state index is 12.6. The lowest BCUT2D eigenvalue weighted by Gasteiger charge is -2.25. The summed E-state index contributed by atoms with van der Waals surface area (Å²) in [7, 11) is 0. The number of hydrogen-bond acceptors (Lipinski definition) is 3. The maximum Gasteiger partial charge on any atom is 0.417 e. The summed E-state index contributed by atoms with van der Waals surface area (Å²) < 4.78 is 39.2. The van der Waals surface area contributed by atoms with Crippen LogP contribution in [-0.4, -0.2) is 27.7 Å². The summed E-state index contributed by atoms with van der Waals surface area (Å²) in [4.78, 5) is 0. The molecule has 0 unspecified atom stereocenters. The van der Waals surface area contributed by atoms with Crippen molar-refractivity contribution in [2.45, 2.75) is 12.1 Å². The lowest BCUT2D eigenvalue weighted by atomic mass is 10.0. The van der Waals surface area contributed by atoms with Gasteiger partial charge in [-0.25, -0.2) is 0 Å². The Hall–Kier alpha value is -1.63. The van der Waals surface area contributed by atoms with Crippen LogP contribution >= 0.6 is 0 Å². The zero-order valence-electron chi connectivity index (χ0n) is 8.70. The zero-order valence-corrected chi connectivity index (χ0v) is 8.70. The molecule has 0 bridgehead atoms. The van der Waals surface area contributed by atoms with Gasteiger partial charge >= 0.3 is 6.18 Å². The van der Waals surface area contributed by atoms with Gasteiger partial charge in [0, 0.05) is 25.2 Å². The van der Waals surface area contributed by atoms with Gasteiger partial charge in [0.2, 0.25) is 0 Å². The Kier molecular flexibility index (Phi) is 2.12. The van der Waals surface area contributed by atoms with E-state index in [1.165, 1.54) is 10.5 Å². The monoisotopic (exact) mass is 242 g/mol. The largest absolute Gasteiger partial charge is 0.417 e. The second kappa shape index (κ2) is 3.43. The summed E-state index contributed by atoms with van der Waals surface area (Å²) in [5.74, 6) is 0.735. The van der Waals surface area contributed by atoms with E-state index >= 15 is 0 Å². The van der Waals surface area contributed by atoms with Crippen LogP contribution in [0.25, 0.3) is 5.65 Å². The van der Waals surface area contributed by atoms with Crippen LogP contribution in [0.15, 0.2) is 18.3 Å². The molecule has 0 aromatic carbocycles. The highest BCUT2D eigenvalue weighted by atomic mass is 19.4. The van der Waals surface area contributed by atoms with Gasteiger partial charge in [-0.1, -0.05) is 0 Å². The molecule has 1 aliphatic heterocycles. The van der Waals surface area contributed by atoms with Crippen molar-refractivity contribution in [1.82, 2.24) is 19.9 Å². The van der Waals surface area contributed by atoms with Crippen LogP contribution in [0, 0.1) is 0 Å². The fourth-order valence-electron chi connectivity index (χ4n) is 1.83. The van der Waals surface area contributed by atoms with Crippen LogP contribution in [0.2, 0.25) is 0 Å². The molecule has 1 N–H and O–H groups in total. The van der Waals surface area contributed by atoms with Crippen LogP contribution in [0.1, 0.15) is 17.3 Å². The minimum Gasteiger partial charge on any atom is -0.315 e. The molecular weight excluding hydrogens is 233 g/mol. The average molecular weight is 242 g/mol. The molecule has 2 aromatic heterocycles. The molecule has 1 saturated heterocycles. The standard InChI is InChI=1S/C10H9F3N4/c11-10(12,13)7-1-2-8-15-16-9(17(8)5-7)6-3-14-4-6/h1-2,5-6,14H,3-4H2. The van der Waals surface area contributed by atoms with E-state index < -0.39 is 11.7 Å². The van der Waals surface area contributed by atoms with Gasteiger partial charge in [-0.2, -0.15) is 13.2 Å². The van der Waals surface area contributed by atoms with Crippen molar-refractivity contribution in [1.29, 1.82) is 0 Å². The molecule has 90 valence electrons. The second-order valence-electron chi connectivity index (χ2n) is 4.06. The molecule has 1 fully saturated rings. The fraction of sp³-hybridized carbons (Fsp3) is 0.400. The first-order chi connectivity index (χ1) is 8.05. The average Bonchev–Trinajstić information content (AvgIpc) is 2.57. The highest BCUT2D eigenvalue weighted by Crippen LogP contribution is 2.30. The predicted molar refractivity (Wildman–Crippen MR) is 53.6 cm³/mol. The summed E-state index contributed by atoms with van der Waals surface area (Å²) >= 11 is 0. The van der Waals surface area contributed by atoms with Crippen molar-refractivity contribution in [3.05, 3.63) is 29.7 Å². The van der Waals surface area contributed by atoms with E-state index in [9.17, 15) is 13.2 Å². The second-order valence-corrected chi connectivity index (χ2v) is 4.06. The Morgan fingerprint density at radius 2 is 2.00 bits per heavy atom. The van der Waals surface area contributed by atoms with Crippen molar-refractivity contribution >= 4 is 5.65 Å². The molecule has 3 rings (SSSR count). The highest BCUT2D eigenvalue weighted by Gasteiger charge is 2.32. The van der Waals surface area contributed by atoms with Crippen LogP contribution in [0.3, 0.4) is 0 Å². The molecule has 3 heterocycles. The number of nitrogens with zero attached hydrogens (tertiary/aromatic N) is 3. The highest BCUT2D eigenvalue weighted by molar-refractivity contribution is 5.41. The molecule has 0 amide bonds. The first kappa shape index (κ1) is 10.5. The Balaban J connectivity index is 2.12. The number of halogens is 3. The third kappa shape index (κ3) is 1.66. The van der Waals surface area contributed by atoms with Crippen molar-refractivity contribution in [2.24, 2.45) is 0 Å². The molecule has 7 heteroatoms. The zero-order chi connectivity index (χ0) is 12.0. The number of nitrogens with one attached hydrogen (secondary N) is 1. The molecule has 0 atom stereocenters. The molecule has 17 heavy (non-hydrogen) atoms. The van der Waals surface area contributed by atoms with Crippen molar-refractivity contribution in [2.75, 3.05) is 13.1 Å². The SMILES string of the molecule is FC(F)(F)c1ccc2nnc(C3CNC3)n2c1. The first-order valence-corrected chi connectivity index (χ1v) is 5.18. The summed E-state index contributed by atoms with van der Waals surface area (Å²) in [6.07, 6.45) is -3.28. The third-order valence-electron chi connectivity index (χ3n) is 2.90. The van der Waals surface area contributed by atoms with E-state index in [-0.39, 0.29) is 5.92 Å². The molecular formula is C10H9F3N4. The summed E-state index contributed by atoms with van der Waals surface area (Å²) in [5, 5.41) is 10.9. The Bertz CT molecular complexity index is 556. The molecule has 1 aliphatic rings. The van der Waals surface area contributed by atoms with Crippen LogP contribution in [0.4, 0.5) is 13.2 Å². The van der Waals surface area contributed by atoms with Gasteiger partial charge in [0.05, 0.1) is 5.56 Å². The number of fused-ring (bicyclic) bond motifs is 1. The van der Waals surface area contributed by atoms with E-state index in [1.807, 2.05) is 0 Å². The van der Waals surface area contributed by atoms with Crippen LogP contribution in [-0.2, 0) is 6.18 Å².